The monoisotopic (exact) mass is 288 g/mol. The fourth-order valence-electron chi connectivity index (χ4n) is 1.85. The number of nitrogens with one attached hydrogen (secondary N) is 1. The van der Waals surface area contributed by atoms with Gasteiger partial charge in [0, 0.05) is 18.7 Å². The number of amides is 1. The first-order valence-corrected chi connectivity index (χ1v) is 6.52. The number of anilines is 1. The lowest BCUT2D eigenvalue weighted by Crippen LogP contribution is -2.14. The number of carboxylic acid groups (broad SMARTS) is 1. The van der Waals surface area contributed by atoms with Gasteiger partial charge in [-0.05, 0) is 31.0 Å². The summed E-state index contributed by atoms with van der Waals surface area (Å²) in [7, 11) is 0. The number of hydrogen-bond donors (Lipinski definition) is 2. The molecule has 1 heterocycles. The van der Waals surface area contributed by atoms with Crippen LogP contribution in [-0.2, 0) is 11.3 Å². The van der Waals surface area contributed by atoms with Crippen LogP contribution in [0.4, 0.5) is 5.69 Å². The van der Waals surface area contributed by atoms with Gasteiger partial charge in [0.25, 0.3) is 0 Å². The van der Waals surface area contributed by atoms with Gasteiger partial charge in [0.1, 0.15) is 12.7 Å². The van der Waals surface area contributed by atoms with Crippen LogP contribution in [0.2, 0.25) is 0 Å². The molecule has 0 aliphatic heterocycles. The van der Waals surface area contributed by atoms with Crippen LogP contribution >= 0.6 is 0 Å². The normalized spacial score (nSPS) is 10.3. The summed E-state index contributed by atoms with van der Waals surface area (Å²) in [4.78, 5) is 26.6. The van der Waals surface area contributed by atoms with E-state index < -0.39 is 5.97 Å². The number of carboxylic acids is 1. The summed E-state index contributed by atoms with van der Waals surface area (Å²) in [5, 5.41) is 15.6. The van der Waals surface area contributed by atoms with Gasteiger partial charge in [-0.25, -0.2) is 9.78 Å². The molecule has 0 aliphatic rings. The van der Waals surface area contributed by atoms with Crippen LogP contribution in [0.25, 0.3) is 0 Å². The average molecular weight is 288 g/mol. The Balaban J connectivity index is 1.90. The van der Waals surface area contributed by atoms with Crippen molar-refractivity contribution in [2.75, 3.05) is 5.32 Å². The van der Waals surface area contributed by atoms with Crippen molar-refractivity contribution >= 4 is 17.6 Å². The summed E-state index contributed by atoms with van der Waals surface area (Å²) in [5.41, 5.74) is 1.50. The Morgan fingerprint density at radius 2 is 2.19 bits per heavy atom. The molecular weight excluding hydrogens is 272 g/mol. The third kappa shape index (κ3) is 4.13. The van der Waals surface area contributed by atoms with Crippen LogP contribution in [0.3, 0.4) is 0 Å². The number of benzene rings is 1. The van der Waals surface area contributed by atoms with Crippen LogP contribution in [0, 0.1) is 6.92 Å². The van der Waals surface area contributed by atoms with Crippen molar-refractivity contribution in [2.24, 2.45) is 0 Å². The molecule has 0 bridgehead atoms. The van der Waals surface area contributed by atoms with Crippen molar-refractivity contribution in [3.05, 3.63) is 42.0 Å². The average Bonchev–Trinajstić information content (AvgIpc) is 2.94. The molecule has 0 aliphatic carbocycles. The third-order valence-corrected chi connectivity index (χ3v) is 3.02. The molecule has 110 valence electrons. The van der Waals surface area contributed by atoms with Crippen LogP contribution in [0.1, 0.15) is 28.8 Å². The Hall–Kier alpha value is -2.70. The summed E-state index contributed by atoms with van der Waals surface area (Å²) in [6, 6.07) is 4.65. The molecule has 0 saturated heterocycles. The minimum Gasteiger partial charge on any atom is -0.478 e. The van der Waals surface area contributed by atoms with Crippen LogP contribution in [0.5, 0.6) is 0 Å². The Bertz CT molecular complexity index is 638. The van der Waals surface area contributed by atoms with E-state index in [-0.39, 0.29) is 11.5 Å². The molecule has 2 rings (SSSR count). The number of rotatable bonds is 6. The standard InChI is InChI=1S/C14H16N4O3/c1-10-4-5-11(14(20)21)7-12(10)17-13(19)3-2-6-18-9-15-8-16-18/h4-5,7-9H,2-3,6H2,1H3,(H,17,19)(H,20,21). The molecule has 1 amide bonds. The maximum atomic E-state index is 11.9. The second kappa shape index (κ2) is 6.65. The zero-order chi connectivity index (χ0) is 15.2. The molecule has 7 heteroatoms. The highest BCUT2D eigenvalue weighted by Gasteiger charge is 2.09. The smallest absolute Gasteiger partial charge is 0.335 e. The molecule has 0 unspecified atom stereocenters. The van der Waals surface area contributed by atoms with Gasteiger partial charge in [-0.2, -0.15) is 5.10 Å². The molecule has 2 aromatic rings. The molecule has 0 saturated carbocycles. The lowest BCUT2D eigenvalue weighted by atomic mass is 10.1. The molecule has 0 fully saturated rings. The number of aromatic nitrogens is 3. The first-order chi connectivity index (χ1) is 10.1. The van der Waals surface area contributed by atoms with E-state index in [1.807, 2.05) is 6.92 Å². The Morgan fingerprint density at radius 1 is 1.38 bits per heavy atom. The second-order valence-corrected chi connectivity index (χ2v) is 4.65. The number of nitrogens with zero attached hydrogens (tertiary/aromatic N) is 3. The highest BCUT2D eigenvalue weighted by atomic mass is 16.4. The van der Waals surface area contributed by atoms with Crippen LogP contribution in [0.15, 0.2) is 30.9 Å². The van der Waals surface area contributed by atoms with Crippen molar-refractivity contribution in [3.8, 4) is 0 Å². The van der Waals surface area contributed by atoms with Gasteiger partial charge in [-0.1, -0.05) is 6.07 Å². The topological polar surface area (TPSA) is 97.1 Å². The Labute approximate surface area is 121 Å². The molecule has 0 spiro atoms. The van der Waals surface area contributed by atoms with Gasteiger partial charge >= 0.3 is 5.97 Å². The maximum absolute atomic E-state index is 11.9. The van der Waals surface area contributed by atoms with E-state index in [4.69, 9.17) is 5.11 Å². The highest BCUT2D eigenvalue weighted by Crippen LogP contribution is 2.17. The van der Waals surface area contributed by atoms with Crippen molar-refractivity contribution < 1.29 is 14.7 Å². The minimum atomic E-state index is -1.02. The van der Waals surface area contributed by atoms with Crippen molar-refractivity contribution in [1.29, 1.82) is 0 Å². The summed E-state index contributed by atoms with van der Waals surface area (Å²) in [5.74, 6) is -1.17. The van der Waals surface area contributed by atoms with Crippen LogP contribution < -0.4 is 5.32 Å². The summed E-state index contributed by atoms with van der Waals surface area (Å²) >= 11 is 0. The molecule has 7 nitrogen and oxygen atoms in total. The largest absolute Gasteiger partial charge is 0.478 e. The summed E-state index contributed by atoms with van der Waals surface area (Å²) in [6.07, 6.45) is 4.00. The van der Waals surface area contributed by atoms with Gasteiger partial charge in [0.05, 0.1) is 5.56 Å². The zero-order valence-electron chi connectivity index (χ0n) is 11.6. The van der Waals surface area contributed by atoms with Gasteiger partial charge in [0.15, 0.2) is 0 Å². The molecule has 1 aromatic carbocycles. The van der Waals surface area contributed by atoms with Crippen LogP contribution in [-0.4, -0.2) is 31.7 Å². The minimum absolute atomic E-state index is 0.151. The van der Waals surface area contributed by atoms with Crippen molar-refractivity contribution in [3.63, 3.8) is 0 Å². The lowest BCUT2D eigenvalue weighted by molar-refractivity contribution is -0.116. The fraction of sp³-hybridized carbons (Fsp3) is 0.286. The van der Waals surface area contributed by atoms with E-state index in [1.54, 1.807) is 17.1 Å². The molecule has 2 N–H and O–H groups in total. The maximum Gasteiger partial charge on any atom is 0.335 e. The first kappa shape index (κ1) is 14.7. The fourth-order valence-corrected chi connectivity index (χ4v) is 1.85. The van der Waals surface area contributed by atoms with Gasteiger partial charge in [-0.3, -0.25) is 9.48 Å². The van der Waals surface area contributed by atoms with Gasteiger partial charge in [0.2, 0.25) is 5.91 Å². The molecule has 0 radical (unpaired) electrons. The van der Waals surface area contributed by atoms with E-state index in [9.17, 15) is 9.59 Å². The number of carbonyl (C=O) groups is 2. The SMILES string of the molecule is Cc1ccc(C(=O)O)cc1NC(=O)CCCn1cncn1. The third-order valence-electron chi connectivity index (χ3n) is 3.02. The second-order valence-electron chi connectivity index (χ2n) is 4.65. The van der Waals surface area contributed by atoms with Crippen molar-refractivity contribution in [1.82, 2.24) is 14.8 Å². The van der Waals surface area contributed by atoms with E-state index >= 15 is 0 Å². The number of aryl methyl sites for hydroxylation is 2. The van der Waals surface area contributed by atoms with E-state index in [0.29, 0.717) is 25.1 Å². The van der Waals surface area contributed by atoms with Gasteiger partial charge in [-0.15, -0.1) is 0 Å². The molecular formula is C14H16N4O3. The summed E-state index contributed by atoms with van der Waals surface area (Å²) < 4.78 is 1.66. The highest BCUT2D eigenvalue weighted by molar-refractivity contribution is 5.94. The van der Waals surface area contributed by atoms with E-state index in [1.165, 1.54) is 18.5 Å². The first-order valence-electron chi connectivity index (χ1n) is 6.52. The molecule has 21 heavy (non-hydrogen) atoms. The number of carbonyl (C=O) groups excluding carboxylic acids is 1. The van der Waals surface area contributed by atoms with Crippen molar-refractivity contribution in [2.45, 2.75) is 26.3 Å². The quantitative estimate of drug-likeness (QED) is 0.843. The van der Waals surface area contributed by atoms with E-state index in [0.717, 1.165) is 5.56 Å². The summed E-state index contributed by atoms with van der Waals surface area (Å²) in [6.45, 7) is 2.43. The molecule has 0 atom stereocenters. The van der Waals surface area contributed by atoms with Gasteiger partial charge < -0.3 is 10.4 Å². The Morgan fingerprint density at radius 3 is 2.86 bits per heavy atom. The predicted molar refractivity (Wildman–Crippen MR) is 76.0 cm³/mol. The zero-order valence-corrected chi connectivity index (χ0v) is 11.6. The number of hydrogen-bond acceptors (Lipinski definition) is 4. The molecule has 1 aromatic heterocycles. The Kier molecular flexibility index (Phi) is 4.65. The van der Waals surface area contributed by atoms with E-state index in [2.05, 4.69) is 15.4 Å². The predicted octanol–water partition coefficient (Wildman–Crippen LogP) is 1.70. The number of aromatic carboxylic acids is 1. The lowest BCUT2D eigenvalue weighted by Gasteiger charge is -2.09.